The highest BCUT2D eigenvalue weighted by molar-refractivity contribution is 6.33. The van der Waals surface area contributed by atoms with Gasteiger partial charge in [-0.3, -0.25) is 0 Å². The van der Waals surface area contributed by atoms with Crippen molar-refractivity contribution in [2.75, 3.05) is 0 Å². The molecule has 24 heavy (non-hydrogen) atoms. The van der Waals surface area contributed by atoms with Gasteiger partial charge < -0.3 is 9.53 Å². The third-order valence-electron chi connectivity index (χ3n) is 5.12. The van der Waals surface area contributed by atoms with Crippen LogP contribution in [0.3, 0.4) is 0 Å². The molecule has 0 bridgehead atoms. The van der Waals surface area contributed by atoms with E-state index < -0.39 is 27.5 Å². The second-order valence-electron chi connectivity index (χ2n) is 7.68. The summed E-state index contributed by atoms with van der Waals surface area (Å²) in [6.07, 6.45) is 1.21. The molecule has 132 valence electrons. The first-order chi connectivity index (χ1) is 11.2. The highest BCUT2D eigenvalue weighted by Gasteiger charge is 2.33. The first-order valence-corrected chi connectivity index (χ1v) is 9.67. The van der Waals surface area contributed by atoms with E-state index >= 15 is 0 Å². The van der Waals surface area contributed by atoms with Crippen molar-refractivity contribution in [3.05, 3.63) is 28.8 Å². The lowest BCUT2D eigenvalue weighted by Crippen LogP contribution is -2.25. The Bertz CT molecular complexity index is 651. The Morgan fingerprint density at radius 2 is 2.00 bits per heavy atom. The van der Waals surface area contributed by atoms with Crippen molar-refractivity contribution in [2.45, 2.75) is 58.1 Å². The summed E-state index contributed by atoms with van der Waals surface area (Å²) in [6, 6.07) is 2.51. The van der Waals surface area contributed by atoms with Crippen LogP contribution >= 0.6 is 0 Å². The Labute approximate surface area is 144 Å². The van der Waals surface area contributed by atoms with Gasteiger partial charge in [0, 0.05) is 18.1 Å². The van der Waals surface area contributed by atoms with Crippen molar-refractivity contribution >= 4 is 9.76 Å². The molecule has 1 N–H and O–H groups in total. The zero-order chi connectivity index (χ0) is 18.1. The normalized spacial score (nSPS) is 16.6. The Morgan fingerprint density at radius 3 is 2.50 bits per heavy atom. The molecule has 0 amide bonds. The first-order valence-electron chi connectivity index (χ1n) is 8.39. The van der Waals surface area contributed by atoms with Crippen LogP contribution in [0.2, 0.25) is 5.04 Å². The molecule has 1 aliphatic carbocycles. The summed E-state index contributed by atoms with van der Waals surface area (Å²) in [6.45, 7) is 8.27. The van der Waals surface area contributed by atoms with Crippen LogP contribution in [0.4, 0.5) is 8.78 Å². The van der Waals surface area contributed by atoms with Gasteiger partial charge in [-0.1, -0.05) is 27.7 Å². The molecule has 1 aliphatic rings. The Kier molecular flexibility index (Phi) is 5.66. The minimum Gasteiger partial charge on any atom is -0.548 e. The van der Waals surface area contributed by atoms with Crippen molar-refractivity contribution in [2.24, 2.45) is 11.8 Å². The average Bonchev–Trinajstić information content (AvgIpc) is 3.32. The lowest BCUT2D eigenvalue weighted by atomic mass is 9.99. The molecule has 0 aliphatic heterocycles. The number of halogens is 2. The van der Waals surface area contributed by atoms with Gasteiger partial charge in [0.05, 0.1) is 6.10 Å². The predicted octanol–water partition coefficient (Wildman–Crippen LogP) is 3.47. The molecule has 6 heteroatoms. The van der Waals surface area contributed by atoms with Crippen molar-refractivity contribution in [3.63, 3.8) is 0 Å². The third kappa shape index (κ3) is 4.14. The molecule has 0 spiro atoms. The molecule has 1 saturated carbocycles. The van der Waals surface area contributed by atoms with Crippen molar-refractivity contribution in [1.82, 2.24) is 0 Å². The molecule has 1 aromatic rings. The Balaban J connectivity index is 2.36. The topological polar surface area (TPSA) is 53.2 Å². The van der Waals surface area contributed by atoms with Gasteiger partial charge in [0.15, 0.2) is 0 Å². The lowest BCUT2D eigenvalue weighted by Gasteiger charge is -2.29. The van der Waals surface area contributed by atoms with Gasteiger partial charge in [-0.2, -0.15) is 5.26 Å². The van der Waals surface area contributed by atoms with Crippen LogP contribution in [0.15, 0.2) is 6.07 Å². The largest absolute Gasteiger partial charge is 0.548 e. The molecule has 3 nitrogen and oxygen atoms in total. The van der Waals surface area contributed by atoms with E-state index in [0.29, 0.717) is 5.92 Å². The summed E-state index contributed by atoms with van der Waals surface area (Å²) < 4.78 is 34.2. The fourth-order valence-corrected chi connectivity index (χ4v) is 3.54. The number of hydrogen-bond acceptors (Lipinski definition) is 3. The second kappa shape index (κ2) is 7.20. The van der Waals surface area contributed by atoms with Crippen LogP contribution < -0.4 is 4.43 Å². The van der Waals surface area contributed by atoms with Gasteiger partial charge in [0.25, 0.3) is 0 Å². The van der Waals surface area contributed by atoms with E-state index in [0.717, 1.165) is 18.9 Å². The average molecular weight is 353 g/mol. The minimum absolute atomic E-state index is 0.00454. The molecule has 1 aromatic carbocycles. The van der Waals surface area contributed by atoms with Crippen LogP contribution in [0, 0.1) is 34.8 Å². The minimum atomic E-state index is -1.19. The molecule has 0 radical (unpaired) electrons. The second-order valence-corrected chi connectivity index (χ2v) is 10.1. The standard InChI is InChI=1S/C18H25F2NO2Si/c1-10(2)18(3,4)24-23-17-12(7-16(22)11-5-6-11)14(19)8-15(20)13(17)9-21/h8,10-11,16,22H,5-7,24H2,1-4H3. The fraction of sp³-hybridized carbons (Fsp3) is 0.611. The molecule has 2 rings (SSSR count). The van der Waals surface area contributed by atoms with Crippen LogP contribution in [-0.4, -0.2) is 21.0 Å². The van der Waals surface area contributed by atoms with E-state index in [9.17, 15) is 19.1 Å². The number of benzene rings is 1. The fourth-order valence-electron chi connectivity index (χ4n) is 2.37. The quantitative estimate of drug-likeness (QED) is 0.764. The van der Waals surface area contributed by atoms with E-state index in [1.54, 1.807) is 6.07 Å². The van der Waals surface area contributed by atoms with Gasteiger partial charge in [0.1, 0.15) is 29.0 Å². The van der Waals surface area contributed by atoms with Crippen LogP contribution in [0.5, 0.6) is 5.75 Å². The summed E-state index contributed by atoms with van der Waals surface area (Å²) in [7, 11) is -1.19. The number of hydrogen-bond donors (Lipinski definition) is 1. The number of aliphatic hydroxyl groups is 1. The molecule has 1 atom stereocenters. The maximum absolute atomic E-state index is 14.3. The zero-order valence-electron chi connectivity index (χ0n) is 14.7. The van der Waals surface area contributed by atoms with Gasteiger partial charge in [-0.05, 0) is 29.7 Å². The summed E-state index contributed by atoms with van der Waals surface area (Å²) in [5.74, 6) is -1.15. The molecule has 0 aromatic heterocycles. The lowest BCUT2D eigenvalue weighted by molar-refractivity contribution is 0.150. The highest BCUT2D eigenvalue weighted by Crippen LogP contribution is 2.39. The van der Waals surface area contributed by atoms with Crippen LogP contribution in [-0.2, 0) is 6.42 Å². The third-order valence-corrected chi connectivity index (χ3v) is 7.12. The SMILES string of the molecule is CC(C)C(C)(C)[SiH2]Oc1c(C#N)c(F)cc(F)c1CC(O)C1CC1. The number of aliphatic hydroxyl groups excluding tert-OH is 1. The Morgan fingerprint density at radius 1 is 1.38 bits per heavy atom. The van der Waals surface area contributed by atoms with Gasteiger partial charge in [0.2, 0.25) is 9.76 Å². The van der Waals surface area contributed by atoms with E-state index in [-0.39, 0.29) is 34.3 Å². The molecule has 1 fully saturated rings. The maximum atomic E-state index is 14.3. The first kappa shape index (κ1) is 18.9. The van der Waals surface area contributed by atoms with Crippen LogP contribution in [0.25, 0.3) is 0 Å². The van der Waals surface area contributed by atoms with Crippen molar-refractivity contribution in [3.8, 4) is 11.8 Å². The predicted molar refractivity (Wildman–Crippen MR) is 91.6 cm³/mol. The van der Waals surface area contributed by atoms with Gasteiger partial charge >= 0.3 is 0 Å². The Hall–Kier alpha value is -1.45. The molecule has 1 unspecified atom stereocenters. The summed E-state index contributed by atoms with van der Waals surface area (Å²) in [5.41, 5.74) is -0.138. The van der Waals surface area contributed by atoms with Gasteiger partial charge in [-0.25, -0.2) is 8.78 Å². The van der Waals surface area contributed by atoms with Crippen molar-refractivity contribution < 1.29 is 18.3 Å². The van der Waals surface area contributed by atoms with E-state index in [2.05, 4.69) is 27.7 Å². The summed E-state index contributed by atoms with van der Waals surface area (Å²) in [5, 5.41) is 19.3. The highest BCUT2D eigenvalue weighted by atomic mass is 28.2. The monoisotopic (exact) mass is 353 g/mol. The summed E-state index contributed by atoms with van der Waals surface area (Å²) >= 11 is 0. The van der Waals surface area contributed by atoms with Crippen LogP contribution in [0.1, 0.15) is 51.7 Å². The van der Waals surface area contributed by atoms with Crippen molar-refractivity contribution in [1.29, 1.82) is 5.26 Å². The van der Waals surface area contributed by atoms with Gasteiger partial charge in [-0.15, -0.1) is 0 Å². The summed E-state index contributed by atoms with van der Waals surface area (Å²) in [4.78, 5) is 0. The smallest absolute Gasteiger partial charge is 0.225 e. The van der Waals surface area contributed by atoms with E-state index in [1.807, 2.05) is 0 Å². The molecule has 0 saturated heterocycles. The number of nitriles is 1. The number of nitrogens with zero attached hydrogens (tertiary/aromatic N) is 1. The van der Waals surface area contributed by atoms with E-state index in [4.69, 9.17) is 4.43 Å². The maximum Gasteiger partial charge on any atom is 0.225 e. The molecule has 0 heterocycles. The molecular formula is C18H25F2NO2Si. The molecular weight excluding hydrogens is 328 g/mol. The number of rotatable bonds is 7. The zero-order valence-corrected chi connectivity index (χ0v) is 16.1. The van der Waals surface area contributed by atoms with E-state index in [1.165, 1.54) is 0 Å².